The third-order valence-electron chi connectivity index (χ3n) is 4.08. The highest BCUT2D eigenvalue weighted by molar-refractivity contribution is 6.30. The van der Waals surface area contributed by atoms with Crippen LogP contribution < -0.4 is 0 Å². The van der Waals surface area contributed by atoms with E-state index >= 15 is 0 Å². The van der Waals surface area contributed by atoms with Crippen molar-refractivity contribution in [2.24, 2.45) is 0 Å². The number of amides is 1. The van der Waals surface area contributed by atoms with Crippen LogP contribution >= 0.6 is 11.6 Å². The number of aryl methyl sites for hydroxylation is 1. The molecule has 0 aliphatic rings. The van der Waals surface area contributed by atoms with Crippen LogP contribution in [-0.4, -0.2) is 43.7 Å². The number of alkyl halides is 3. The van der Waals surface area contributed by atoms with E-state index in [2.05, 4.69) is 15.1 Å². The highest BCUT2D eigenvalue weighted by atomic mass is 35.5. The predicted molar refractivity (Wildman–Crippen MR) is 97.8 cm³/mol. The Labute approximate surface area is 169 Å². The second-order valence-corrected chi connectivity index (χ2v) is 6.79. The molecule has 0 aliphatic carbocycles. The number of carbonyl (C=O) groups excluding carboxylic acids is 1. The van der Waals surface area contributed by atoms with Crippen LogP contribution in [0.15, 0.2) is 41.2 Å². The van der Waals surface area contributed by atoms with Gasteiger partial charge in [0.2, 0.25) is 17.6 Å². The molecule has 0 saturated carbocycles. The van der Waals surface area contributed by atoms with Crippen molar-refractivity contribution in [3.05, 3.63) is 53.4 Å². The zero-order valence-corrected chi connectivity index (χ0v) is 16.1. The summed E-state index contributed by atoms with van der Waals surface area (Å²) in [6, 6.07) is 6.90. The molecular weight excluding hydrogens is 411 g/mol. The summed E-state index contributed by atoms with van der Waals surface area (Å²) in [6.45, 7) is -1.19. The fraction of sp³-hybridized carbons (Fsp3) is 0.333. The van der Waals surface area contributed by atoms with Crippen molar-refractivity contribution in [3.63, 3.8) is 0 Å². The van der Waals surface area contributed by atoms with Crippen molar-refractivity contribution in [2.45, 2.75) is 32.1 Å². The monoisotopic (exact) mass is 427 g/mol. The molecule has 0 spiro atoms. The van der Waals surface area contributed by atoms with E-state index in [-0.39, 0.29) is 37.0 Å². The summed E-state index contributed by atoms with van der Waals surface area (Å²) in [5, 5.41) is 4.46. The van der Waals surface area contributed by atoms with Crippen LogP contribution in [0, 0.1) is 0 Å². The number of rotatable bonds is 7. The summed E-state index contributed by atoms with van der Waals surface area (Å²) in [7, 11) is 1.50. The Morgan fingerprint density at radius 1 is 1.28 bits per heavy atom. The molecule has 1 amide bonds. The van der Waals surface area contributed by atoms with Crippen molar-refractivity contribution >= 4 is 17.5 Å². The van der Waals surface area contributed by atoms with Gasteiger partial charge in [0.25, 0.3) is 0 Å². The van der Waals surface area contributed by atoms with Gasteiger partial charge in [0.15, 0.2) is 0 Å². The van der Waals surface area contributed by atoms with E-state index in [1.165, 1.54) is 24.3 Å². The van der Waals surface area contributed by atoms with Crippen molar-refractivity contribution in [1.29, 1.82) is 0 Å². The van der Waals surface area contributed by atoms with Gasteiger partial charge in [-0.05, 0) is 24.3 Å². The zero-order chi connectivity index (χ0) is 21.0. The van der Waals surface area contributed by atoms with Gasteiger partial charge in [0.05, 0.1) is 6.54 Å². The van der Waals surface area contributed by atoms with Gasteiger partial charge < -0.3 is 14.0 Å². The second-order valence-electron chi connectivity index (χ2n) is 6.35. The first-order valence-electron chi connectivity index (χ1n) is 8.60. The van der Waals surface area contributed by atoms with Crippen LogP contribution in [0.1, 0.15) is 18.1 Å². The summed E-state index contributed by atoms with van der Waals surface area (Å²) in [6.07, 6.45) is -1.58. The van der Waals surface area contributed by atoms with Gasteiger partial charge in [-0.15, -0.1) is 0 Å². The van der Waals surface area contributed by atoms with E-state index in [4.69, 9.17) is 16.1 Å². The first-order valence-corrected chi connectivity index (χ1v) is 8.98. The smallest absolute Gasteiger partial charge is 0.339 e. The quantitative estimate of drug-likeness (QED) is 0.574. The van der Waals surface area contributed by atoms with Crippen molar-refractivity contribution < 1.29 is 22.5 Å². The Morgan fingerprint density at radius 3 is 2.69 bits per heavy atom. The molecule has 0 bridgehead atoms. The molecule has 29 heavy (non-hydrogen) atoms. The highest BCUT2D eigenvalue weighted by Gasteiger charge is 2.29. The number of nitrogens with zero attached hydrogens (tertiary/aromatic N) is 5. The lowest BCUT2D eigenvalue weighted by atomic mass is 10.2. The van der Waals surface area contributed by atoms with Crippen LogP contribution in [0.3, 0.4) is 0 Å². The molecule has 7 nitrogen and oxygen atoms in total. The van der Waals surface area contributed by atoms with Crippen LogP contribution in [0.2, 0.25) is 5.02 Å². The summed E-state index contributed by atoms with van der Waals surface area (Å²) in [5.74, 6) is 0.542. The maximum atomic E-state index is 12.6. The first-order chi connectivity index (χ1) is 13.7. The Hall–Kier alpha value is -2.88. The van der Waals surface area contributed by atoms with Gasteiger partial charge in [0, 0.05) is 42.9 Å². The van der Waals surface area contributed by atoms with Gasteiger partial charge >= 0.3 is 6.18 Å². The molecule has 1 aromatic carbocycles. The van der Waals surface area contributed by atoms with E-state index in [1.807, 2.05) is 0 Å². The molecule has 3 aromatic rings. The molecule has 11 heteroatoms. The Morgan fingerprint density at radius 2 is 2.00 bits per heavy atom. The lowest BCUT2D eigenvalue weighted by molar-refractivity contribution is -0.141. The second kappa shape index (κ2) is 8.64. The lowest BCUT2D eigenvalue weighted by Crippen LogP contribution is -2.29. The van der Waals surface area contributed by atoms with Crippen molar-refractivity contribution in [3.8, 4) is 11.4 Å². The molecule has 3 rings (SSSR count). The standard InChI is InChI=1S/C18H17ClF3N5O2/c1-26(10-14-23-8-9-27(14)11-18(20,21)22)16(28)7-6-15-24-17(25-29-15)12-2-4-13(19)5-3-12/h2-5,8-9H,6-7,10-11H2,1H3. The minimum Gasteiger partial charge on any atom is -0.339 e. The predicted octanol–water partition coefficient (Wildman–Crippen LogP) is 3.74. The van der Waals surface area contributed by atoms with Gasteiger partial charge in [-0.2, -0.15) is 18.2 Å². The minimum absolute atomic E-state index is 0.0399. The zero-order valence-electron chi connectivity index (χ0n) is 15.4. The van der Waals surface area contributed by atoms with E-state index in [0.29, 0.717) is 10.8 Å². The number of aromatic nitrogens is 4. The van der Waals surface area contributed by atoms with Crippen molar-refractivity contribution in [2.75, 3.05) is 7.05 Å². The summed E-state index contributed by atoms with van der Waals surface area (Å²) in [4.78, 5) is 21.8. The largest absolute Gasteiger partial charge is 0.406 e. The van der Waals surface area contributed by atoms with Crippen molar-refractivity contribution in [1.82, 2.24) is 24.6 Å². The molecule has 0 saturated heterocycles. The number of halogens is 4. The van der Waals surface area contributed by atoms with Crippen LogP contribution in [0.5, 0.6) is 0 Å². The van der Waals surface area contributed by atoms with Gasteiger partial charge in [-0.1, -0.05) is 16.8 Å². The lowest BCUT2D eigenvalue weighted by Gasteiger charge is -2.18. The molecule has 2 heterocycles. The summed E-state index contributed by atoms with van der Waals surface area (Å²) in [5.41, 5.74) is 0.726. The van der Waals surface area contributed by atoms with E-state index in [9.17, 15) is 18.0 Å². The molecule has 0 aliphatic heterocycles. The molecular formula is C18H17ClF3N5O2. The molecule has 0 radical (unpaired) electrons. The highest BCUT2D eigenvalue weighted by Crippen LogP contribution is 2.20. The number of hydrogen-bond acceptors (Lipinski definition) is 5. The number of imidazole rings is 1. The van der Waals surface area contributed by atoms with Gasteiger partial charge in [-0.25, -0.2) is 4.98 Å². The summed E-state index contributed by atoms with van der Waals surface area (Å²) < 4.78 is 43.9. The topological polar surface area (TPSA) is 77.1 Å². The normalized spacial score (nSPS) is 11.6. The number of carbonyl (C=O) groups is 1. The Kier molecular flexibility index (Phi) is 6.21. The maximum Gasteiger partial charge on any atom is 0.406 e. The number of hydrogen-bond donors (Lipinski definition) is 0. The van der Waals surface area contributed by atoms with Crippen LogP contribution in [-0.2, 0) is 24.3 Å². The van der Waals surface area contributed by atoms with E-state index in [1.54, 1.807) is 24.3 Å². The Balaban J connectivity index is 1.55. The first kappa shape index (κ1) is 20.8. The minimum atomic E-state index is -4.36. The molecule has 0 fully saturated rings. The SMILES string of the molecule is CN(Cc1nccn1CC(F)(F)F)C(=O)CCc1nc(-c2ccc(Cl)cc2)no1. The summed E-state index contributed by atoms with van der Waals surface area (Å²) >= 11 is 5.84. The Bertz CT molecular complexity index is 969. The average Bonchev–Trinajstić information content (AvgIpc) is 3.29. The fourth-order valence-electron chi connectivity index (χ4n) is 2.61. The van der Waals surface area contributed by atoms with E-state index in [0.717, 1.165) is 10.1 Å². The third kappa shape index (κ3) is 5.80. The van der Waals surface area contributed by atoms with Gasteiger partial charge in [0.1, 0.15) is 12.4 Å². The number of benzene rings is 1. The fourth-order valence-corrected chi connectivity index (χ4v) is 2.73. The molecule has 154 valence electrons. The molecule has 0 unspecified atom stereocenters. The average molecular weight is 428 g/mol. The van der Waals surface area contributed by atoms with Crippen LogP contribution in [0.25, 0.3) is 11.4 Å². The van der Waals surface area contributed by atoms with Crippen LogP contribution in [0.4, 0.5) is 13.2 Å². The molecule has 0 N–H and O–H groups in total. The van der Waals surface area contributed by atoms with Gasteiger partial charge in [-0.3, -0.25) is 4.79 Å². The third-order valence-corrected chi connectivity index (χ3v) is 4.33. The van der Waals surface area contributed by atoms with E-state index < -0.39 is 12.7 Å². The molecule has 2 aromatic heterocycles. The molecule has 0 atom stereocenters. The maximum absolute atomic E-state index is 12.6.